The van der Waals surface area contributed by atoms with Gasteiger partial charge in [-0.2, -0.15) is 0 Å². The third-order valence-corrected chi connectivity index (χ3v) is 3.07. The third-order valence-electron chi connectivity index (χ3n) is 3.07. The Kier molecular flexibility index (Phi) is 4.12. The highest BCUT2D eigenvalue weighted by Gasteiger charge is 2.31. The van der Waals surface area contributed by atoms with Gasteiger partial charge in [0.15, 0.2) is 0 Å². The summed E-state index contributed by atoms with van der Waals surface area (Å²) in [6, 6.07) is 0. The Hall–Kier alpha value is -1.06. The van der Waals surface area contributed by atoms with Crippen LogP contribution in [0, 0.1) is 5.41 Å². The predicted molar refractivity (Wildman–Crippen MR) is 56.5 cm³/mol. The molecule has 0 unspecified atom stereocenters. The fraction of sp³-hybridized carbons (Fsp3) is 0.818. The monoisotopic (exact) mass is 213 g/mol. The molecule has 1 rings (SSSR count). The summed E-state index contributed by atoms with van der Waals surface area (Å²) in [4.78, 5) is 21.5. The summed E-state index contributed by atoms with van der Waals surface area (Å²) in [7, 11) is 0. The van der Waals surface area contributed by atoms with Crippen LogP contribution in [0.15, 0.2) is 0 Å². The topological polar surface area (TPSA) is 66.4 Å². The molecular weight excluding hydrogens is 194 g/mol. The van der Waals surface area contributed by atoms with Crippen LogP contribution in [-0.2, 0) is 9.59 Å². The molecule has 0 spiro atoms. The van der Waals surface area contributed by atoms with Gasteiger partial charge in [-0.1, -0.05) is 13.3 Å². The van der Waals surface area contributed by atoms with Crippen LogP contribution in [-0.4, -0.2) is 23.5 Å². The Labute approximate surface area is 90.0 Å². The molecule has 4 nitrogen and oxygen atoms in total. The minimum absolute atomic E-state index is 0.0237. The van der Waals surface area contributed by atoms with Crippen molar-refractivity contribution < 1.29 is 14.7 Å². The Morgan fingerprint density at radius 1 is 1.33 bits per heavy atom. The molecule has 0 aromatic carbocycles. The van der Waals surface area contributed by atoms with Crippen molar-refractivity contribution in [3.8, 4) is 0 Å². The number of carbonyl (C=O) groups excluding carboxylic acids is 1. The van der Waals surface area contributed by atoms with Crippen molar-refractivity contribution in [1.82, 2.24) is 5.32 Å². The fourth-order valence-electron chi connectivity index (χ4n) is 1.76. The van der Waals surface area contributed by atoms with Crippen molar-refractivity contribution in [3.63, 3.8) is 0 Å². The average molecular weight is 213 g/mol. The van der Waals surface area contributed by atoms with Crippen LogP contribution in [0.3, 0.4) is 0 Å². The molecule has 4 heteroatoms. The van der Waals surface area contributed by atoms with Crippen LogP contribution < -0.4 is 5.32 Å². The molecule has 15 heavy (non-hydrogen) atoms. The Morgan fingerprint density at radius 2 is 2.00 bits per heavy atom. The van der Waals surface area contributed by atoms with Crippen molar-refractivity contribution in [2.24, 2.45) is 5.41 Å². The van der Waals surface area contributed by atoms with Gasteiger partial charge in [-0.3, -0.25) is 9.59 Å². The molecule has 0 bridgehead atoms. The first kappa shape index (κ1) is 12.0. The van der Waals surface area contributed by atoms with E-state index in [1.54, 1.807) is 0 Å². The molecule has 1 amide bonds. The van der Waals surface area contributed by atoms with Gasteiger partial charge < -0.3 is 10.4 Å². The van der Waals surface area contributed by atoms with Crippen molar-refractivity contribution in [2.75, 3.05) is 6.54 Å². The first-order valence-corrected chi connectivity index (χ1v) is 5.50. The normalized spacial score (nSPS) is 17.9. The van der Waals surface area contributed by atoms with Gasteiger partial charge in [0.2, 0.25) is 5.91 Å². The van der Waals surface area contributed by atoms with E-state index in [0.717, 1.165) is 6.54 Å². The maximum Gasteiger partial charge on any atom is 0.303 e. The number of carboxylic acid groups (broad SMARTS) is 1. The summed E-state index contributed by atoms with van der Waals surface area (Å²) in [6.45, 7) is 2.91. The average Bonchev–Trinajstić information content (AvgIpc) is 2.11. The van der Waals surface area contributed by atoms with Crippen LogP contribution in [0.5, 0.6) is 0 Å². The minimum Gasteiger partial charge on any atom is -0.481 e. The van der Waals surface area contributed by atoms with E-state index in [1.165, 1.54) is 19.3 Å². The largest absolute Gasteiger partial charge is 0.481 e. The van der Waals surface area contributed by atoms with E-state index in [4.69, 9.17) is 5.11 Å². The molecule has 0 aliphatic heterocycles. The summed E-state index contributed by atoms with van der Waals surface area (Å²) in [5.41, 5.74) is 0.294. The maximum atomic E-state index is 11.3. The number of aliphatic carboxylic acids is 1. The number of carbonyl (C=O) groups is 2. The second kappa shape index (κ2) is 5.14. The molecule has 1 aliphatic rings. The van der Waals surface area contributed by atoms with Gasteiger partial charge in [-0.15, -0.1) is 0 Å². The van der Waals surface area contributed by atoms with E-state index >= 15 is 0 Å². The van der Waals surface area contributed by atoms with E-state index < -0.39 is 5.97 Å². The van der Waals surface area contributed by atoms with Gasteiger partial charge in [0.05, 0.1) is 0 Å². The highest BCUT2D eigenvalue weighted by Crippen LogP contribution is 2.39. The zero-order chi connectivity index (χ0) is 11.3. The van der Waals surface area contributed by atoms with Crippen molar-refractivity contribution in [1.29, 1.82) is 0 Å². The smallest absolute Gasteiger partial charge is 0.303 e. The molecule has 0 aromatic heterocycles. The summed E-state index contributed by atoms with van der Waals surface area (Å²) < 4.78 is 0. The third kappa shape index (κ3) is 4.32. The van der Waals surface area contributed by atoms with E-state index in [0.29, 0.717) is 18.3 Å². The van der Waals surface area contributed by atoms with Crippen LogP contribution in [0.1, 0.15) is 45.4 Å². The van der Waals surface area contributed by atoms with Crippen LogP contribution in [0.2, 0.25) is 0 Å². The Bertz CT molecular complexity index is 246. The van der Waals surface area contributed by atoms with E-state index in [9.17, 15) is 9.59 Å². The van der Waals surface area contributed by atoms with Gasteiger partial charge >= 0.3 is 5.97 Å². The second-order valence-electron chi connectivity index (χ2n) is 4.69. The molecule has 86 valence electrons. The van der Waals surface area contributed by atoms with Gasteiger partial charge in [0.25, 0.3) is 0 Å². The van der Waals surface area contributed by atoms with Crippen molar-refractivity contribution in [2.45, 2.75) is 45.4 Å². The van der Waals surface area contributed by atoms with Crippen LogP contribution >= 0.6 is 0 Å². The number of rotatable bonds is 6. The lowest BCUT2D eigenvalue weighted by atomic mass is 9.70. The van der Waals surface area contributed by atoms with E-state index in [2.05, 4.69) is 12.2 Å². The highest BCUT2D eigenvalue weighted by atomic mass is 16.4. The lowest BCUT2D eigenvalue weighted by Crippen LogP contribution is -2.39. The predicted octanol–water partition coefficient (Wildman–Crippen LogP) is 1.55. The number of amides is 1. The molecule has 1 fully saturated rings. The highest BCUT2D eigenvalue weighted by molar-refractivity contribution is 5.76. The zero-order valence-corrected chi connectivity index (χ0v) is 9.21. The molecule has 0 heterocycles. The van der Waals surface area contributed by atoms with Crippen molar-refractivity contribution in [3.05, 3.63) is 0 Å². The molecule has 1 saturated carbocycles. The van der Waals surface area contributed by atoms with Crippen LogP contribution in [0.4, 0.5) is 0 Å². The molecule has 1 aliphatic carbocycles. The minimum atomic E-state index is -0.839. The quantitative estimate of drug-likeness (QED) is 0.703. The van der Waals surface area contributed by atoms with Crippen LogP contribution in [0.25, 0.3) is 0 Å². The Balaban J connectivity index is 2.05. The van der Waals surface area contributed by atoms with Gasteiger partial charge in [0.1, 0.15) is 0 Å². The van der Waals surface area contributed by atoms with E-state index in [1.807, 2.05) is 0 Å². The van der Waals surface area contributed by atoms with E-state index in [-0.39, 0.29) is 12.3 Å². The molecule has 0 atom stereocenters. The SMILES string of the molecule is CC1(CNC(=O)CCCC(=O)O)CCC1. The van der Waals surface area contributed by atoms with Gasteiger partial charge in [0, 0.05) is 19.4 Å². The zero-order valence-electron chi connectivity index (χ0n) is 9.21. The molecular formula is C11H19NO3. The lowest BCUT2D eigenvalue weighted by Gasteiger charge is -2.38. The number of carboxylic acids is 1. The lowest BCUT2D eigenvalue weighted by molar-refractivity contribution is -0.137. The van der Waals surface area contributed by atoms with Crippen molar-refractivity contribution >= 4 is 11.9 Å². The fourth-order valence-corrected chi connectivity index (χ4v) is 1.76. The molecule has 0 radical (unpaired) electrons. The summed E-state index contributed by atoms with van der Waals surface area (Å²) >= 11 is 0. The van der Waals surface area contributed by atoms with Gasteiger partial charge in [-0.05, 0) is 24.7 Å². The molecule has 2 N–H and O–H groups in total. The summed E-state index contributed by atoms with van der Waals surface area (Å²) in [5, 5.41) is 11.3. The first-order chi connectivity index (χ1) is 7.02. The number of hydrogen-bond donors (Lipinski definition) is 2. The second-order valence-corrected chi connectivity index (χ2v) is 4.69. The summed E-state index contributed by atoms with van der Waals surface area (Å²) in [6.07, 6.45) is 4.45. The number of hydrogen-bond acceptors (Lipinski definition) is 2. The first-order valence-electron chi connectivity index (χ1n) is 5.50. The standard InChI is InChI=1S/C11H19NO3/c1-11(6-3-7-11)8-12-9(13)4-2-5-10(14)15/h2-8H2,1H3,(H,12,13)(H,14,15). The summed E-state index contributed by atoms with van der Waals surface area (Å²) in [5.74, 6) is -0.863. The maximum absolute atomic E-state index is 11.3. The molecule has 0 aromatic rings. The Morgan fingerprint density at radius 3 is 2.47 bits per heavy atom. The number of nitrogens with one attached hydrogen (secondary N) is 1. The molecule has 0 saturated heterocycles. The van der Waals surface area contributed by atoms with Gasteiger partial charge in [-0.25, -0.2) is 0 Å².